The van der Waals surface area contributed by atoms with Gasteiger partial charge in [0.25, 0.3) is 0 Å². The molecule has 0 aliphatic heterocycles. The molecule has 2 unspecified atom stereocenters. The maximum absolute atomic E-state index is 10.0. The van der Waals surface area contributed by atoms with E-state index < -0.39 is 24.0 Å². The van der Waals surface area contributed by atoms with Crippen molar-refractivity contribution in [2.24, 2.45) is 22.9 Å². The molecule has 0 rings (SSSR count). The van der Waals surface area contributed by atoms with E-state index in [2.05, 4.69) is 0 Å². The number of carboxylic acid groups (broad SMARTS) is 2. The van der Waals surface area contributed by atoms with E-state index in [-0.39, 0.29) is 29.5 Å². The van der Waals surface area contributed by atoms with Crippen molar-refractivity contribution < 1.29 is 36.9 Å². The summed E-state index contributed by atoms with van der Waals surface area (Å²) in [5, 5.41) is 20.1. The topological polar surface area (TPSA) is 184 Å². The van der Waals surface area contributed by atoms with Gasteiger partial charge in [-0.25, -0.2) is 0 Å². The molecule has 0 saturated carbocycles. The number of unbranched alkanes of at least 4 members (excludes halogenated alkanes) is 2. The van der Waals surface area contributed by atoms with Crippen LogP contribution in [0.5, 0.6) is 0 Å². The van der Waals surface area contributed by atoms with Gasteiger partial charge in [0.05, 0.1) is 11.9 Å². The van der Waals surface area contributed by atoms with Gasteiger partial charge in [-0.1, -0.05) is 12.8 Å². The quantitative estimate of drug-likeness (QED) is 0.222. The van der Waals surface area contributed by atoms with Crippen LogP contribution in [-0.4, -0.2) is 37.1 Å². The van der Waals surface area contributed by atoms with Crippen LogP contribution in [0.3, 0.4) is 0 Å². The summed E-state index contributed by atoms with van der Waals surface area (Å²) in [5.41, 5.74) is 20.7. The Morgan fingerprint density at radius 1 is 0.773 bits per heavy atom. The summed E-state index contributed by atoms with van der Waals surface area (Å²) < 4.78 is 0. The molecule has 0 aliphatic carbocycles. The molecule has 0 aromatic heterocycles. The van der Waals surface area contributed by atoms with Gasteiger partial charge >= 0.3 is 17.1 Å². The predicted octanol–water partition coefficient (Wildman–Crippen LogP) is -3.20. The maximum atomic E-state index is 10.0. The fraction of sp³-hybridized carbons (Fsp3) is 0.833. The summed E-state index contributed by atoms with van der Waals surface area (Å²) in [6.07, 6.45) is 4.07. The number of rotatable bonds is 10. The third-order valence-corrected chi connectivity index (χ3v) is 2.54. The minimum absolute atomic E-state index is 0. The first kappa shape index (κ1) is 29.6. The van der Waals surface area contributed by atoms with Crippen LogP contribution in [0.2, 0.25) is 0 Å². The molecule has 2 atom stereocenters. The molecule has 0 aliphatic rings. The van der Waals surface area contributed by atoms with Crippen molar-refractivity contribution in [2.75, 3.05) is 13.1 Å². The van der Waals surface area contributed by atoms with Crippen molar-refractivity contribution in [3.8, 4) is 0 Å². The summed E-state index contributed by atoms with van der Waals surface area (Å²) in [4.78, 5) is 20.1. The van der Waals surface area contributed by atoms with Crippen LogP contribution in [-0.2, 0) is 26.7 Å². The van der Waals surface area contributed by atoms with Gasteiger partial charge < -0.3 is 42.7 Å². The zero-order valence-corrected chi connectivity index (χ0v) is 14.2. The van der Waals surface area contributed by atoms with Gasteiger partial charge in [-0.3, -0.25) is 0 Å². The first-order valence-electron chi connectivity index (χ1n) is 6.69. The summed E-state index contributed by atoms with van der Waals surface area (Å²) in [7, 11) is 0. The molecule has 0 bridgehead atoms. The molecule has 0 fully saturated rings. The molecular weight excluding hydrogens is 363 g/mol. The molecule has 1 radical (unpaired) electrons. The fourth-order valence-electron chi connectivity index (χ4n) is 1.25. The molecule has 0 spiro atoms. The second kappa shape index (κ2) is 20.6. The minimum atomic E-state index is -1.18. The Hall–Kier alpha value is -0.411. The summed E-state index contributed by atoms with van der Waals surface area (Å²) in [6, 6.07) is -1.65. The van der Waals surface area contributed by atoms with Crippen LogP contribution < -0.4 is 33.1 Å². The largest absolute Gasteiger partial charge is 2.00 e. The number of nitrogens with two attached hydrogens (primary N) is 4. The molecule has 0 amide bonds. The van der Waals surface area contributed by atoms with E-state index in [9.17, 15) is 19.8 Å². The normalized spacial score (nSPS) is 11.8. The van der Waals surface area contributed by atoms with Crippen molar-refractivity contribution in [1.82, 2.24) is 0 Å². The summed E-state index contributed by atoms with van der Waals surface area (Å²) in [5.74, 6) is -2.37. The Labute approximate surface area is 148 Å². The molecule has 0 aromatic carbocycles. The van der Waals surface area contributed by atoms with Crippen molar-refractivity contribution in [1.29, 1.82) is 0 Å². The van der Waals surface area contributed by atoms with Crippen molar-refractivity contribution in [3.05, 3.63) is 0 Å². The number of carbonyl (C=O) groups excluding carboxylic acids is 2. The van der Waals surface area contributed by atoms with Crippen LogP contribution in [0.25, 0.3) is 0 Å². The molecular formula is C12H27ClCuN4O4. The van der Waals surface area contributed by atoms with Gasteiger partial charge in [-0.05, 0) is 38.8 Å². The second-order valence-electron chi connectivity index (χ2n) is 4.42. The molecule has 0 heterocycles. The third kappa shape index (κ3) is 21.9. The Balaban J connectivity index is -0.000000135. The standard InChI is InChI=1S/2C6H14N2O2.ClH.Cu/c2*7-4-2-1-3-5(8)6(9)10;;/h2*5H,1-4,7-8H2,(H,9,10);1H;/q;;;+2/p-2. The van der Waals surface area contributed by atoms with Crippen molar-refractivity contribution in [3.63, 3.8) is 0 Å². The van der Waals surface area contributed by atoms with E-state index >= 15 is 0 Å². The monoisotopic (exact) mass is 389 g/mol. The van der Waals surface area contributed by atoms with E-state index in [1.807, 2.05) is 0 Å². The average molecular weight is 390 g/mol. The van der Waals surface area contributed by atoms with Crippen LogP contribution in [0.1, 0.15) is 38.5 Å². The van der Waals surface area contributed by atoms with Gasteiger partial charge in [-0.15, -0.1) is 12.4 Å². The van der Waals surface area contributed by atoms with E-state index in [1.165, 1.54) is 0 Å². The number of hydrogen-bond donors (Lipinski definition) is 4. The van der Waals surface area contributed by atoms with E-state index in [0.717, 1.165) is 25.7 Å². The van der Waals surface area contributed by atoms with Crippen molar-refractivity contribution in [2.45, 2.75) is 50.6 Å². The molecule has 8 N–H and O–H groups in total. The smallest absolute Gasteiger partial charge is 0.548 e. The number of carbonyl (C=O) groups is 2. The van der Waals surface area contributed by atoms with Gasteiger partial charge in [0.15, 0.2) is 0 Å². The number of hydrogen-bond acceptors (Lipinski definition) is 8. The van der Waals surface area contributed by atoms with Gasteiger partial charge in [0.1, 0.15) is 0 Å². The molecule has 0 aromatic rings. The van der Waals surface area contributed by atoms with Crippen LogP contribution in [0.4, 0.5) is 0 Å². The van der Waals surface area contributed by atoms with Gasteiger partial charge in [0, 0.05) is 12.1 Å². The maximum Gasteiger partial charge on any atom is 2.00 e. The first-order chi connectivity index (χ1) is 9.36. The minimum Gasteiger partial charge on any atom is -0.548 e. The van der Waals surface area contributed by atoms with Crippen LogP contribution in [0, 0.1) is 0 Å². The second-order valence-corrected chi connectivity index (χ2v) is 4.42. The zero-order valence-electron chi connectivity index (χ0n) is 12.5. The average Bonchev–Trinajstić information content (AvgIpc) is 2.39. The predicted molar refractivity (Wildman–Crippen MR) is 79.0 cm³/mol. The molecule has 137 valence electrons. The Kier molecular flexibility index (Phi) is 27.7. The summed E-state index contributed by atoms with van der Waals surface area (Å²) >= 11 is 0. The first-order valence-corrected chi connectivity index (χ1v) is 6.69. The van der Waals surface area contributed by atoms with E-state index in [0.29, 0.717) is 25.9 Å². The van der Waals surface area contributed by atoms with E-state index in [1.54, 1.807) is 0 Å². The fourth-order valence-corrected chi connectivity index (χ4v) is 1.25. The Morgan fingerprint density at radius 2 is 1.05 bits per heavy atom. The summed E-state index contributed by atoms with van der Waals surface area (Å²) in [6.45, 7) is 1.17. The van der Waals surface area contributed by atoms with Gasteiger partial charge in [0.2, 0.25) is 0 Å². The molecule has 10 heteroatoms. The van der Waals surface area contributed by atoms with Crippen LogP contribution in [0.15, 0.2) is 0 Å². The van der Waals surface area contributed by atoms with E-state index in [4.69, 9.17) is 22.9 Å². The van der Waals surface area contributed by atoms with Crippen molar-refractivity contribution >= 4 is 24.3 Å². The number of aliphatic carboxylic acids is 2. The Bertz CT molecular complexity index is 250. The Morgan fingerprint density at radius 3 is 1.23 bits per heavy atom. The number of halogens is 1. The third-order valence-electron chi connectivity index (χ3n) is 2.54. The van der Waals surface area contributed by atoms with Gasteiger partial charge in [-0.2, -0.15) is 0 Å². The molecule has 22 heavy (non-hydrogen) atoms. The zero-order chi connectivity index (χ0) is 16.0. The molecule has 0 saturated heterocycles. The number of carboxylic acids is 2. The molecule has 8 nitrogen and oxygen atoms in total. The SMILES string of the molecule is Cl.NCCCCC(N)C(=O)[O-].NCCCCC(N)C(=O)[O-].[Cu+2]. The van der Waals surface area contributed by atoms with Crippen LogP contribution >= 0.6 is 12.4 Å².